The third-order valence-corrected chi connectivity index (χ3v) is 6.19. The second-order valence-electron chi connectivity index (χ2n) is 8.04. The van der Waals surface area contributed by atoms with Crippen LogP contribution >= 0.6 is 0 Å². The van der Waals surface area contributed by atoms with Gasteiger partial charge in [0.1, 0.15) is 5.82 Å². The van der Waals surface area contributed by atoms with E-state index < -0.39 is 5.41 Å². The van der Waals surface area contributed by atoms with Crippen molar-refractivity contribution in [3.8, 4) is 0 Å². The Bertz CT molecular complexity index is 814. The molecule has 1 N–H and O–H groups in total. The Kier molecular flexibility index (Phi) is 5.47. The predicted molar refractivity (Wildman–Crippen MR) is 109 cm³/mol. The van der Waals surface area contributed by atoms with Crippen molar-refractivity contribution in [2.24, 2.45) is 0 Å². The number of nitrogens with one attached hydrogen (secondary N) is 1. The van der Waals surface area contributed by atoms with Crippen LogP contribution in [0.4, 0.5) is 4.39 Å². The molecule has 0 aromatic heterocycles. The summed E-state index contributed by atoms with van der Waals surface area (Å²) < 4.78 is 14.3. The maximum absolute atomic E-state index is 14.3. The monoisotopic (exact) mass is 381 g/mol. The van der Waals surface area contributed by atoms with Crippen LogP contribution in [0.25, 0.3) is 0 Å². The predicted octanol–water partition coefficient (Wildman–Crippen LogP) is 2.96. The van der Waals surface area contributed by atoms with Crippen molar-refractivity contribution in [2.75, 3.05) is 39.8 Å². The highest BCUT2D eigenvalue weighted by Crippen LogP contribution is 2.49. The zero-order valence-electron chi connectivity index (χ0n) is 16.4. The van der Waals surface area contributed by atoms with Gasteiger partial charge >= 0.3 is 0 Å². The second-order valence-corrected chi connectivity index (χ2v) is 8.04. The van der Waals surface area contributed by atoms with Crippen LogP contribution in [0.1, 0.15) is 30.0 Å². The summed E-state index contributed by atoms with van der Waals surface area (Å²) in [5.41, 5.74) is 1.06. The molecule has 1 atom stereocenters. The molecule has 2 aromatic carbocycles. The van der Waals surface area contributed by atoms with Crippen molar-refractivity contribution in [3.63, 3.8) is 0 Å². The van der Waals surface area contributed by atoms with Crippen LogP contribution in [0.2, 0.25) is 0 Å². The molecule has 4 nitrogen and oxygen atoms in total. The first-order valence-corrected chi connectivity index (χ1v) is 10.1. The van der Waals surface area contributed by atoms with E-state index in [4.69, 9.17) is 0 Å². The van der Waals surface area contributed by atoms with Crippen molar-refractivity contribution in [1.82, 2.24) is 15.1 Å². The quantitative estimate of drug-likeness (QED) is 0.836. The number of piperazine rings is 1. The molecule has 1 heterocycles. The molecule has 148 valence electrons. The molecule has 1 unspecified atom stereocenters. The molecule has 5 heteroatoms. The molecule has 1 aliphatic heterocycles. The zero-order chi connectivity index (χ0) is 19.6. The minimum atomic E-state index is -0.686. The average Bonchev–Trinajstić information content (AvgIpc) is 3.52. The fourth-order valence-corrected chi connectivity index (χ4v) is 4.22. The molecular weight excluding hydrogens is 353 g/mol. The molecule has 0 spiro atoms. The van der Waals surface area contributed by atoms with E-state index in [9.17, 15) is 9.18 Å². The minimum Gasteiger partial charge on any atom is -0.353 e. The summed E-state index contributed by atoms with van der Waals surface area (Å²) in [7, 11) is 2.14. The van der Waals surface area contributed by atoms with Gasteiger partial charge in [-0.3, -0.25) is 9.69 Å². The zero-order valence-corrected chi connectivity index (χ0v) is 16.4. The van der Waals surface area contributed by atoms with Crippen molar-refractivity contribution in [2.45, 2.75) is 24.3 Å². The van der Waals surface area contributed by atoms with E-state index >= 15 is 0 Å². The smallest absolute Gasteiger partial charge is 0.230 e. The van der Waals surface area contributed by atoms with E-state index in [0.717, 1.165) is 26.2 Å². The fourth-order valence-electron chi connectivity index (χ4n) is 4.22. The lowest BCUT2D eigenvalue weighted by Crippen LogP contribution is -2.49. The standard InChI is InChI=1S/C23H28FN3O/c1-26-13-15-27(16-14-26)21(18-7-3-2-4-8-18)17-25-22(28)23(11-12-23)19-9-5-6-10-20(19)24/h2-10,21H,11-17H2,1H3,(H,25,28). The number of likely N-dealkylation sites (N-methyl/N-ethyl adjacent to an activating group) is 1. The van der Waals surface area contributed by atoms with Gasteiger partial charge in [-0.15, -0.1) is 0 Å². The van der Waals surface area contributed by atoms with Crippen LogP contribution in [-0.2, 0) is 10.2 Å². The molecule has 2 fully saturated rings. The Labute approximate surface area is 166 Å². The molecule has 1 saturated carbocycles. The van der Waals surface area contributed by atoms with Gasteiger partial charge in [-0.25, -0.2) is 4.39 Å². The van der Waals surface area contributed by atoms with Crippen molar-refractivity contribution in [3.05, 3.63) is 71.5 Å². The Morgan fingerprint density at radius 2 is 1.68 bits per heavy atom. The maximum atomic E-state index is 14.3. The molecular formula is C23H28FN3O. The molecule has 1 aliphatic carbocycles. The number of halogens is 1. The van der Waals surface area contributed by atoms with Crippen molar-refractivity contribution in [1.29, 1.82) is 0 Å². The summed E-state index contributed by atoms with van der Waals surface area (Å²) >= 11 is 0. The number of carbonyl (C=O) groups excluding carboxylic acids is 1. The van der Waals surface area contributed by atoms with E-state index in [0.29, 0.717) is 24.9 Å². The summed E-state index contributed by atoms with van der Waals surface area (Å²) in [6.07, 6.45) is 1.43. The summed E-state index contributed by atoms with van der Waals surface area (Å²) in [4.78, 5) is 17.8. The topological polar surface area (TPSA) is 35.6 Å². The number of hydrogen-bond donors (Lipinski definition) is 1. The average molecular weight is 381 g/mol. The second kappa shape index (κ2) is 8.02. The molecule has 1 amide bonds. The van der Waals surface area contributed by atoms with Crippen LogP contribution in [0.5, 0.6) is 0 Å². The molecule has 0 bridgehead atoms. The Hall–Kier alpha value is -2.24. The molecule has 0 radical (unpaired) electrons. The summed E-state index contributed by atoms with van der Waals surface area (Å²) in [6, 6.07) is 17.2. The lowest BCUT2D eigenvalue weighted by molar-refractivity contribution is -0.124. The van der Waals surface area contributed by atoms with E-state index in [2.05, 4.69) is 34.3 Å². The molecule has 4 rings (SSSR count). The summed E-state index contributed by atoms with van der Waals surface area (Å²) in [5.74, 6) is -0.332. The van der Waals surface area contributed by atoms with E-state index in [1.807, 2.05) is 24.3 Å². The van der Waals surface area contributed by atoms with Gasteiger partial charge in [-0.2, -0.15) is 0 Å². The number of nitrogens with zero attached hydrogens (tertiary/aromatic N) is 2. The van der Waals surface area contributed by atoms with Crippen LogP contribution in [-0.4, -0.2) is 55.5 Å². The van der Waals surface area contributed by atoms with Gasteiger partial charge in [-0.05, 0) is 31.5 Å². The third-order valence-electron chi connectivity index (χ3n) is 6.19. The van der Waals surface area contributed by atoms with Crippen molar-refractivity contribution < 1.29 is 9.18 Å². The van der Waals surface area contributed by atoms with E-state index in [1.54, 1.807) is 12.1 Å². The first-order valence-electron chi connectivity index (χ1n) is 10.1. The van der Waals surface area contributed by atoms with Gasteiger partial charge in [-0.1, -0.05) is 48.5 Å². The van der Waals surface area contributed by atoms with Gasteiger partial charge < -0.3 is 10.2 Å². The maximum Gasteiger partial charge on any atom is 0.230 e. The largest absolute Gasteiger partial charge is 0.353 e. The van der Waals surface area contributed by atoms with Crippen LogP contribution in [0.15, 0.2) is 54.6 Å². The minimum absolute atomic E-state index is 0.0485. The lowest BCUT2D eigenvalue weighted by atomic mass is 9.94. The van der Waals surface area contributed by atoms with Crippen LogP contribution in [0, 0.1) is 5.82 Å². The molecule has 2 aliphatic rings. The summed E-state index contributed by atoms with van der Waals surface area (Å²) in [6.45, 7) is 4.55. The van der Waals surface area contributed by atoms with Gasteiger partial charge in [0.2, 0.25) is 5.91 Å². The highest BCUT2D eigenvalue weighted by atomic mass is 19.1. The number of benzene rings is 2. The highest BCUT2D eigenvalue weighted by molar-refractivity contribution is 5.91. The first kappa shape index (κ1) is 19.1. The van der Waals surface area contributed by atoms with Gasteiger partial charge in [0, 0.05) is 38.3 Å². The molecule has 2 aromatic rings. The number of hydrogen-bond acceptors (Lipinski definition) is 3. The number of rotatable bonds is 6. The van der Waals surface area contributed by atoms with Crippen LogP contribution in [0.3, 0.4) is 0 Å². The lowest BCUT2D eigenvalue weighted by Gasteiger charge is -2.38. The number of amides is 1. The number of carbonyl (C=O) groups is 1. The Morgan fingerprint density at radius 1 is 1.04 bits per heavy atom. The SMILES string of the molecule is CN1CCN(C(CNC(=O)C2(c3ccccc3F)CC2)c2ccccc2)CC1. The normalized spacial score (nSPS) is 20.5. The molecule has 1 saturated heterocycles. The van der Waals surface area contributed by atoms with E-state index in [-0.39, 0.29) is 17.8 Å². The Morgan fingerprint density at radius 3 is 2.32 bits per heavy atom. The van der Waals surface area contributed by atoms with Crippen molar-refractivity contribution >= 4 is 5.91 Å². The van der Waals surface area contributed by atoms with Gasteiger partial charge in [0.25, 0.3) is 0 Å². The first-order chi connectivity index (χ1) is 13.6. The fraction of sp³-hybridized carbons (Fsp3) is 0.435. The van der Waals surface area contributed by atoms with E-state index in [1.165, 1.54) is 11.6 Å². The highest BCUT2D eigenvalue weighted by Gasteiger charge is 2.52. The molecule has 28 heavy (non-hydrogen) atoms. The summed E-state index contributed by atoms with van der Waals surface area (Å²) in [5, 5.41) is 3.16. The van der Waals surface area contributed by atoms with Crippen LogP contribution < -0.4 is 5.32 Å². The Balaban J connectivity index is 1.48. The van der Waals surface area contributed by atoms with Gasteiger partial charge in [0.05, 0.1) is 11.5 Å². The van der Waals surface area contributed by atoms with Gasteiger partial charge in [0.15, 0.2) is 0 Å². The third kappa shape index (κ3) is 3.82.